The highest BCUT2D eigenvalue weighted by Crippen LogP contribution is 2.26. The van der Waals surface area contributed by atoms with Crippen LogP contribution in [0.3, 0.4) is 0 Å². The van der Waals surface area contributed by atoms with Gasteiger partial charge in [0.05, 0.1) is 0 Å². The number of nitrogens with zero attached hydrogens (tertiary/aromatic N) is 1. The summed E-state index contributed by atoms with van der Waals surface area (Å²) in [4.78, 5) is 10.9. The van der Waals surface area contributed by atoms with Crippen LogP contribution in [0, 0.1) is 13.8 Å². The number of benzene rings is 1. The first-order valence-corrected chi connectivity index (χ1v) is 5.93. The maximum Gasteiger partial charge on any atom is 0.320 e. The third-order valence-corrected chi connectivity index (χ3v) is 3.27. The molecule has 0 amide bonds. The Morgan fingerprint density at radius 1 is 1.44 bits per heavy atom. The van der Waals surface area contributed by atoms with Crippen molar-refractivity contribution in [2.45, 2.75) is 26.3 Å². The van der Waals surface area contributed by atoms with Gasteiger partial charge in [0.15, 0.2) is 0 Å². The van der Waals surface area contributed by atoms with Gasteiger partial charge < -0.3 is 15.4 Å². The fourth-order valence-electron chi connectivity index (χ4n) is 2.49. The van der Waals surface area contributed by atoms with Gasteiger partial charge in [-0.2, -0.15) is 0 Å². The van der Waals surface area contributed by atoms with Crippen LogP contribution in [0.4, 0.5) is 0 Å². The molecular formula is C14H18N2O2. The van der Waals surface area contributed by atoms with E-state index in [-0.39, 0.29) is 0 Å². The molecule has 0 aliphatic carbocycles. The molecule has 1 atom stereocenters. The number of rotatable bonds is 3. The summed E-state index contributed by atoms with van der Waals surface area (Å²) < 4.78 is 2.03. The van der Waals surface area contributed by atoms with Crippen molar-refractivity contribution in [3.05, 3.63) is 35.0 Å². The normalized spacial score (nSPS) is 12.9. The molecule has 1 heterocycles. The molecule has 96 valence electrons. The monoisotopic (exact) mass is 246 g/mol. The number of hydrogen-bond acceptors (Lipinski definition) is 2. The Kier molecular flexibility index (Phi) is 3.13. The van der Waals surface area contributed by atoms with Crippen molar-refractivity contribution >= 4 is 16.9 Å². The lowest BCUT2D eigenvalue weighted by Gasteiger charge is -2.07. The second-order valence-corrected chi connectivity index (χ2v) is 4.89. The van der Waals surface area contributed by atoms with Crippen molar-refractivity contribution in [1.29, 1.82) is 0 Å². The molecule has 18 heavy (non-hydrogen) atoms. The lowest BCUT2D eigenvalue weighted by molar-refractivity contribution is -0.138. The van der Waals surface area contributed by atoms with Crippen molar-refractivity contribution in [3.63, 3.8) is 0 Å². The Morgan fingerprint density at radius 2 is 2.11 bits per heavy atom. The molecule has 1 aromatic carbocycles. The van der Waals surface area contributed by atoms with E-state index in [0.717, 1.165) is 22.0 Å². The molecule has 4 nitrogen and oxygen atoms in total. The number of carboxylic acids is 1. The molecule has 0 radical (unpaired) electrons. The summed E-state index contributed by atoms with van der Waals surface area (Å²) in [5, 5.41) is 10.0. The highest BCUT2D eigenvalue weighted by Gasteiger charge is 2.17. The van der Waals surface area contributed by atoms with Crippen molar-refractivity contribution in [2.24, 2.45) is 12.8 Å². The summed E-state index contributed by atoms with van der Waals surface area (Å²) in [6.07, 6.45) is 2.33. The average molecular weight is 246 g/mol. The first-order chi connectivity index (χ1) is 8.40. The number of aliphatic carboxylic acids is 1. The molecule has 0 fully saturated rings. The van der Waals surface area contributed by atoms with Gasteiger partial charge in [-0.15, -0.1) is 0 Å². The molecule has 0 saturated carbocycles. The predicted molar refractivity (Wildman–Crippen MR) is 71.7 cm³/mol. The Morgan fingerprint density at radius 3 is 2.72 bits per heavy atom. The van der Waals surface area contributed by atoms with Crippen molar-refractivity contribution < 1.29 is 9.90 Å². The lowest BCUT2D eigenvalue weighted by atomic mass is 10.0. The molecule has 0 bridgehead atoms. The molecule has 2 aromatic rings. The van der Waals surface area contributed by atoms with E-state index >= 15 is 0 Å². The summed E-state index contributed by atoms with van der Waals surface area (Å²) in [6, 6.07) is 3.37. The Bertz CT molecular complexity index is 614. The van der Waals surface area contributed by atoms with Crippen molar-refractivity contribution in [1.82, 2.24) is 4.57 Å². The van der Waals surface area contributed by atoms with Crippen LogP contribution in [-0.4, -0.2) is 21.7 Å². The van der Waals surface area contributed by atoms with Gasteiger partial charge in [0.1, 0.15) is 6.04 Å². The standard InChI is InChI=1S/C14H18N2O2/c1-8-4-9(2)13-10(6-11(15)14(17)18)7-16(3)12(13)5-8/h4-5,7,11H,6,15H2,1-3H3,(H,17,18). The molecule has 0 saturated heterocycles. The van der Waals surface area contributed by atoms with Gasteiger partial charge >= 0.3 is 5.97 Å². The average Bonchev–Trinajstić information content (AvgIpc) is 2.55. The SMILES string of the molecule is Cc1cc(C)c2c(CC(N)C(=O)O)cn(C)c2c1. The second kappa shape index (κ2) is 4.46. The van der Waals surface area contributed by atoms with Crippen LogP contribution in [0.15, 0.2) is 18.3 Å². The van der Waals surface area contributed by atoms with Crippen LogP contribution >= 0.6 is 0 Å². The van der Waals surface area contributed by atoms with Gasteiger partial charge in [-0.1, -0.05) is 6.07 Å². The van der Waals surface area contributed by atoms with Crippen LogP contribution in [0.25, 0.3) is 10.9 Å². The minimum atomic E-state index is -0.961. The van der Waals surface area contributed by atoms with Gasteiger partial charge in [-0.05, 0) is 36.6 Å². The van der Waals surface area contributed by atoms with Crippen LogP contribution in [0.2, 0.25) is 0 Å². The Balaban J connectivity index is 2.56. The molecule has 1 unspecified atom stereocenters. The Labute approximate surface area is 106 Å². The number of carbonyl (C=O) groups is 1. The van der Waals surface area contributed by atoms with Gasteiger partial charge in [0.2, 0.25) is 0 Å². The zero-order valence-corrected chi connectivity index (χ0v) is 10.9. The first-order valence-electron chi connectivity index (χ1n) is 5.93. The zero-order valence-electron chi connectivity index (χ0n) is 10.9. The summed E-state index contributed by atoms with van der Waals surface area (Å²) >= 11 is 0. The number of carboxylic acid groups (broad SMARTS) is 1. The fourth-order valence-corrected chi connectivity index (χ4v) is 2.49. The van der Waals surface area contributed by atoms with E-state index in [1.165, 1.54) is 5.56 Å². The summed E-state index contributed by atoms with van der Waals surface area (Å²) in [7, 11) is 1.97. The number of nitrogens with two attached hydrogens (primary N) is 1. The molecular weight excluding hydrogens is 228 g/mol. The van der Waals surface area contributed by atoms with Gasteiger partial charge in [-0.25, -0.2) is 0 Å². The summed E-state index contributed by atoms with van der Waals surface area (Å²) in [5.41, 5.74) is 10.1. The number of aromatic nitrogens is 1. The van der Waals surface area contributed by atoms with Crippen LogP contribution < -0.4 is 5.73 Å². The summed E-state index contributed by atoms with van der Waals surface area (Å²) in [6.45, 7) is 4.10. The van der Waals surface area contributed by atoms with E-state index in [1.54, 1.807) is 0 Å². The predicted octanol–water partition coefficient (Wildman–Crippen LogP) is 1.75. The second-order valence-electron chi connectivity index (χ2n) is 4.89. The maximum atomic E-state index is 10.9. The minimum absolute atomic E-state index is 0.358. The molecule has 2 rings (SSSR count). The van der Waals surface area contributed by atoms with E-state index in [9.17, 15) is 4.79 Å². The quantitative estimate of drug-likeness (QED) is 0.867. The zero-order chi connectivity index (χ0) is 13.4. The van der Waals surface area contributed by atoms with Crippen LogP contribution in [0.1, 0.15) is 16.7 Å². The van der Waals surface area contributed by atoms with Crippen molar-refractivity contribution in [3.8, 4) is 0 Å². The molecule has 4 heteroatoms. The fraction of sp³-hybridized carbons (Fsp3) is 0.357. The number of hydrogen-bond donors (Lipinski definition) is 2. The van der Waals surface area contributed by atoms with E-state index in [2.05, 4.69) is 19.1 Å². The van der Waals surface area contributed by atoms with E-state index in [1.807, 2.05) is 24.7 Å². The van der Waals surface area contributed by atoms with Gasteiger partial charge in [0.25, 0.3) is 0 Å². The summed E-state index contributed by atoms with van der Waals surface area (Å²) in [5.74, 6) is -0.961. The smallest absolute Gasteiger partial charge is 0.320 e. The van der Waals surface area contributed by atoms with Crippen molar-refractivity contribution in [2.75, 3.05) is 0 Å². The highest BCUT2D eigenvalue weighted by atomic mass is 16.4. The molecule has 1 aromatic heterocycles. The minimum Gasteiger partial charge on any atom is -0.480 e. The molecule has 0 spiro atoms. The van der Waals surface area contributed by atoms with E-state index in [4.69, 9.17) is 10.8 Å². The molecule has 0 aliphatic heterocycles. The van der Waals surface area contributed by atoms with Crippen LogP contribution in [0.5, 0.6) is 0 Å². The largest absolute Gasteiger partial charge is 0.480 e. The van der Waals surface area contributed by atoms with Crippen LogP contribution in [-0.2, 0) is 18.3 Å². The van der Waals surface area contributed by atoms with Gasteiger partial charge in [0, 0.05) is 30.6 Å². The number of fused-ring (bicyclic) bond motifs is 1. The first kappa shape index (κ1) is 12.6. The third kappa shape index (κ3) is 2.11. The third-order valence-electron chi connectivity index (χ3n) is 3.27. The highest BCUT2D eigenvalue weighted by molar-refractivity contribution is 5.88. The lowest BCUT2D eigenvalue weighted by Crippen LogP contribution is -2.32. The van der Waals surface area contributed by atoms with E-state index in [0.29, 0.717) is 6.42 Å². The topological polar surface area (TPSA) is 68.2 Å². The van der Waals surface area contributed by atoms with Gasteiger partial charge in [-0.3, -0.25) is 4.79 Å². The number of aryl methyl sites for hydroxylation is 3. The molecule has 0 aliphatic rings. The maximum absolute atomic E-state index is 10.9. The molecule has 3 N–H and O–H groups in total. The van der Waals surface area contributed by atoms with E-state index < -0.39 is 12.0 Å². The Hall–Kier alpha value is -1.81.